The van der Waals surface area contributed by atoms with Crippen molar-refractivity contribution >= 4 is 0 Å². The molecule has 0 heterocycles. The summed E-state index contributed by atoms with van der Waals surface area (Å²) in [5, 5.41) is 0. The van der Waals surface area contributed by atoms with Gasteiger partial charge in [0, 0.05) is 0 Å². The van der Waals surface area contributed by atoms with Crippen molar-refractivity contribution in [3.63, 3.8) is 0 Å². The predicted octanol–water partition coefficient (Wildman–Crippen LogP) is 4.00. The van der Waals surface area contributed by atoms with Crippen LogP contribution in [-0.2, 0) is 0 Å². The van der Waals surface area contributed by atoms with Gasteiger partial charge in [-0.2, -0.15) is 0 Å². The lowest BCUT2D eigenvalue weighted by atomic mass is 10.2. The third kappa shape index (κ3) is 6.42. The van der Waals surface area contributed by atoms with Crippen LogP contribution in [0.2, 0.25) is 0 Å². The second kappa shape index (κ2) is 8.28. The Morgan fingerprint density at radius 2 is 1.00 bits per heavy atom. The van der Waals surface area contributed by atoms with E-state index >= 15 is 0 Å². The molecule has 0 amide bonds. The van der Waals surface area contributed by atoms with Gasteiger partial charge in [-0.1, -0.05) is 40.0 Å². The number of hydrogen-bond acceptors (Lipinski definition) is 0. The standard InChI is InChI=1S/C13H29N/c1-5-8-11-14(4,12-9-6-2)13-10-7-3/h4-13H2,1-3H3/q+1. The molecular formula is C13H29N+. The lowest BCUT2D eigenvalue weighted by Gasteiger charge is -2.34. The first-order chi connectivity index (χ1) is 6.68. The lowest BCUT2D eigenvalue weighted by molar-refractivity contribution is -0.886. The average molecular weight is 199 g/mol. The molecule has 85 valence electrons. The van der Waals surface area contributed by atoms with E-state index < -0.39 is 0 Å². The molecule has 0 aliphatic carbocycles. The average Bonchev–Trinajstić information content (AvgIpc) is 2.21. The third-order valence-electron chi connectivity index (χ3n) is 2.96. The molecule has 0 aromatic rings. The summed E-state index contributed by atoms with van der Waals surface area (Å²) < 4.78 is 1.06. The van der Waals surface area contributed by atoms with Crippen LogP contribution >= 0.6 is 0 Å². The minimum Gasteiger partial charge on any atom is -0.319 e. The summed E-state index contributed by atoms with van der Waals surface area (Å²) in [6, 6.07) is 0. The molecule has 0 spiro atoms. The first kappa shape index (κ1) is 14.0. The van der Waals surface area contributed by atoms with Crippen LogP contribution in [0.25, 0.3) is 0 Å². The molecule has 14 heavy (non-hydrogen) atoms. The Balaban J connectivity index is 3.89. The topological polar surface area (TPSA) is 0 Å². The lowest BCUT2D eigenvalue weighted by Crippen LogP contribution is -2.44. The molecule has 1 heteroatoms. The Hall–Kier alpha value is -0.0400. The minimum absolute atomic E-state index is 1.06. The van der Waals surface area contributed by atoms with Crippen molar-refractivity contribution in [2.75, 3.05) is 19.6 Å². The number of rotatable bonds is 9. The van der Waals surface area contributed by atoms with Gasteiger partial charge in [-0.15, -0.1) is 0 Å². The summed E-state index contributed by atoms with van der Waals surface area (Å²) in [4.78, 5) is 0. The number of nitrogens with zero attached hydrogens (tertiary/aromatic N) is 1. The fourth-order valence-electron chi connectivity index (χ4n) is 1.82. The Morgan fingerprint density at radius 3 is 1.21 bits per heavy atom. The summed E-state index contributed by atoms with van der Waals surface area (Å²) in [5.41, 5.74) is 0. The summed E-state index contributed by atoms with van der Waals surface area (Å²) in [7, 11) is 4.42. The fourth-order valence-corrected chi connectivity index (χ4v) is 1.82. The molecule has 0 aromatic heterocycles. The fraction of sp³-hybridized carbons (Fsp3) is 0.923. The van der Waals surface area contributed by atoms with E-state index in [-0.39, 0.29) is 0 Å². The second-order valence-corrected chi connectivity index (χ2v) is 4.57. The van der Waals surface area contributed by atoms with Gasteiger partial charge < -0.3 is 4.48 Å². The van der Waals surface area contributed by atoms with Gasteiger partial charge in [-0.3, -0.25) is 0 Å². The highest BCUT2D eigenvalue weighted by atomic mass is 15.3. The number of unbranched alkanes of at least 4 members (excludes halogenated alkanes) is 3. The molecule has 0 aliphatic rings. The van der Waals surface area contributed by atoms with Gasteiger partial charge in [0.1, 0.15) is 7.05 Å². The predicted molar refractivity (Wildman–Crippen MR) is 64.9 cm³/mol. The number of quaternary nitrogens is 1. The van der Waals surface area contributed by atoms with E-state index in [1.807, 2.05) is 0 Å². The van der Waals surface area contributed by atoms with Crippen molar-refractivity contribution in [3.05, 3.63) is 7.05 Å². The first-order valence-electron chi connectivity index (χ1n) is 6.39. The van der Waals surface area contributed by atoms with E-state index in [1.54, 1.807) is 0 Å². The largest absolute Gasteiger partial charge is 0.319 e. The van der Waals surface area contributed by atoms with Crippen molar-refractivity contribution in [3.8, 4) is 0 Å². The molecule has 0 aliphatic heterocycles. The maximum absolute atomic E-state index is 4.42. The molecular weight excluding hydrogens is 170 g/mol. The normalized spacial score (nSPS) is 12.0. The molecule has 0 aromatic carbocycles. The van der Waals surface area contributed by atoms with Crippen LogP contribution in [0.3, 0.4) is 0 Å². The SMILES string of the molecule is [CH2][N+](CCCC)(CCCC)CCCC. The van der Waals surface area contributed by atoms with E-state index in [4.69, 9.17) is 0 Å². The highest BCUT2D eigenvalue weighted by molar-refractivity contribution is 4.46. The summed E-state index contributed by atoms with van der Waals surface area (Å²) >= 11 is 0. The zero-order valence-electron chi connectivity index (χ0n) is 10.5. The first-order valence-corrected chi connectivity index (χ1v) is 6.39. The molecule has 0 atom stereocenters. The highest BCUT2D eigenvalue weighted by Crippen LogP contribution is 2.12. The van der Waals surface area contributed by atoms with E-state index in [9.17, 15) is 0 Å². The molecule has 0 rings (SSSR count). The molecule has 0 N–H and O–H groups in total. The van der Waals surface area contributed by atoms with Crippen LogP contribution in [0, 0.1) is 7.05 Å². The maximum Gasteiger partial charge on any atom is 0.128 e. The Labute approximate surface area is 91.1 Å². The van der Waals surface area contributed by atoms with E-state index in [1.165, 1.54) is 58.2 Å². The van der Waals surface area contributed by atoms with Gasteiger partial charge in [0.15, 0.2) is 0 Å². The number of hydrogen-bond donors (Lipinski definition) is 0. The monoisotopic (exact) mass is 199 g/mol. The molecule has 0 saturated carbocycles. The molecule has 0 bridgehead atoms. The molecule has 1 radical (unpaired) electrons. The smallest absolute Gasteiger partial charge is 0.128 e. The van der Waals surface area contributed by atoms with Gasteiger partial charge in [0.05, 0.1) is 19.6 Å². The zero-order chi connectivity index (χ0) is 10.9. The van der Waals surface area contributed by atoms with Crippen LogP contribution in [0.1, 0.15) is 59.3 Å². The molecule has 0 unspecified atom stereocenters. The summed E-state index contributed by atoms with van der Waals surface area (Å²) in [6.45, 7) is 10.6. The summed E-state index contributed by atoms with van der Waals surface area (Å²) in [6.07, 6.45) is 7.89. The van der Waals surface area contributed by atoms with Gasteiger partial charge in [0.2, 0.25) is 0 Å². The zero-order valence-corrected chi connectivity index (χ0v) is 10.5. The Morgan fingerprint density at radius 1 is 0.714 bits per heavy atom. The van der Waals surface area contributed by atoms with E-state index in [0.717, 1.165) is 4.48 Å². The van der Waals surface area contributed by atoms with Crippen molar-refractivity contribution in [2.45, 2.75) is 59.3 Å². The van der Waals surface area contributed by atoms with Crippen molar-refractivity contribution in [2.24, 2.45) is 0 Å². The van der Waals surface area contributed by atoms with Crippen molar-refractivity contribution in [1.82, 2.24) is 0 Å². The highest BCUT2D eigenvalue weighted by Gasteiger charge is 2.19. The Kier molecular flexibility index (Phi) is 8.26. The van der Waals surface area contributed by atoms with Crippen LogP contribution in [0.5, 0.6) is 0 Å². The second-order valence-electron chi connectivity index (χ2n) is 4.57. The van der Waals surface area contributed by atoms with Gasteiger partial charge in [0.25, 0.3) is 0 Å². The third-order valence-corrected chi connectivity index (χ3v) is 2.96. The van der Waals surface area contributed by atoms with E-state index in [0.29, 0.717) is 0 Å². The minimum atomic E-state index is 1.06. The van der Waals surface area contributed by atoms with Crippen LogP contribution < -0.4 is 0 Å². The van der Waals surface area contributed by atoms with Crippen molar-refractivity contribution < 1.29 is 4.48 Å². The van der Waals surface area contributed by atoms with Crippen LogP contribution in [-0.4, -0.2) is 24.1 Å². The van der Waals surface area contributed by atoms with Gasteiger partial charge >= 0.3 is 0 Å². The Bertz CT molecular complexity index is 98.6. The van der Waals surface area contributed by atoms with Crippen molar-refractivity contribution in [1.29, 1.82) is 0 Å². The molecule has 1 nitrogen and oxygen atoms in total. The summed E-state index contributed by atoms with van der Waals surface area (Å²) in [5.74, 6) is 0. The molecule has 0 fully saturated rings. The van der Waals surface area contributed by atoms with E-state index in [2.05, 4.69) is 27.8 Å². The van der Waals surface area contributed by atoms with Gasteiger partial charge in [-0.05, 0) is 19.3 Å². The van der Waals surface area contributed by atoms with Crippen LogP contribution in [0.4, 0.5) is 0 Å². The quantitative estimate of drug-likeness (QED) is 0.492. The molecule has 0 saturated heterocycles. The maximum atomic E-state index is 4.42. The van der Waals surface area contributed by atoms with Crippen LogP contribution in [0.15, 0.2) is 0 Å². The van der Waals surface area contributed by atoms with Gasteiger partial charge in [-0.25, -0.2) is 0 Å².